The second kappa shape index (κ2) is 12.1. The summed E-state index contributed by atoms with van der Waals surface area (Å²) in [5, 5.41) is 0. The predicted molar refractivity (Wildman–Crippen MR) is 116 cm³/mol. The number of nitrogens with zero attached hydrogens (tertiary/aromatic N) is 2. The van der Waals surface area contributed by atoms with E-state index in [-0.39, 0.29) is 16.8 Å². The molecule has 0 aliphatic carbocycles. The van der Waals surface area contributed by atoms with Crippen LogP contribution in [0.1, 0.15) is 0 Å². The summed E-state index contributed by atoms with van der Waals surface area (Å²) in [6.45, 7) is 0. The van der Waals surface area contributed by atoms with Gasteiger partial charge in [-0.1, -0.05) is 0 Å². The fourth-order valence-corrected chi connectivity index (χ4v) is 4.95. The Bertz CT molecular complexity index is 882. The van der Waals surface area contributed by atoms with Crippen LogP contribution in [0.4, 0.5) is 11.4 Å². The van der Waals surface area contributed by atoms with Gasteiger partial charge in [-0.2, -0.15) is 16.8 Å². The van der Waals surface area contributed by atoms with Gasteiger partial charge in [0.2, 0.25) is 0 Å². The number of hydrogen-bond donors (Lipinski definition) is 2. The maximum atomic E-state index is 10.5. The van der Waals surface area contributed by atoms with Crippen LogP contribution in [0.2, 0.25) is 0 Å². The van der Waals surface area contributed by atoms with Crippen LogP contribution >= 0.6 is 21.6 Å². The summed E-state index contributed by atoms with van der Waals surface area (Å²) in [6.07, 6.45) is 0. The molecule has 29 heavy (non-hydrogen) atoms. The maximum Gasteiger partial charge on any atom is 0.324 e. The molecule has 0 aliphatic rings. The molecule has 0 aromatic heterocycles. The first-order chi connectivity index (χ1) is 12.8. The summed E-state index contributed by atoms with van der Waals surface area (Å²) in [7, 11) is 0.422. The molecular weight excluding hydrogens is 503 g/mol. The molecule has 0 bridgehead atoms. The van der Waals surface area contributed by atoms with Crippen LogP contribution in [-0.2, 0) is 35.1 Å². The van der Waals surface area contributed by atoms with E-state index in [1.54, 1.807) is 48.5 Å². The molecule has 0 aliphatic heterocycles. The molecule has 0 heterocycles. The van der Waals surface area contributed by atoms with Crippen molar-refractivity contribution in [3.8, 4) is 0 Å². The van der Waals surface area contributed by atoms with Crippen molar-refractivity contribution in [2.45, 2.75) is 9.79 Å². The van der Waals surface area contributed by atoms with Gasteiger partial charge < -0.3 is 9.80 Å². The smallest absolute Gasteiger partial charge is 0.324 e. The number of anilines is 2. The quantitative estimate of drug-likeness (QED) is 0.430. The fourth-order valence-electron chi connectivity index (χ4n) is 1.84. The molecule has 13 heteroatoms. The Kier molecular flexibility index (Phi) is 11.7. The van der Waals surface area contributed by atoms with Gasteiger partial charge in [-0.15, -0.1) is 0 Å². The third kappa shape index (κ3) is 12.4. The van der Waals surface area contributed by atoms with Gasteiger partial charge in [0, 0.05) is 87.7 Å². The average molecular weight is 526 g/mol. The van der Waals surface area contributed by atoms with E-state index in [1.165, 1.54) is 0 Å². The summed E-state index contributed by atoms with van der Waals surface area (Å²) in [6, 6.07) is 13.7. The third-order valence-electron chi connectivity index (χ3n) is 3.11. The Morgan fingerprint density at radius 3 is 1.03 bits per heavy atom. The molecule has 0 amide bonds. The largest absolute Gasteiger partial charge is 0.378 e. The first kappa shape index (κ1) is 28.1. The van der Waals surface area contributed by atoms with Gasteiger partial charge in [0.05, 0.1) is 0 Å². The third-order valence-corrected chi connectivity index (χ3v) is 6.88. The van der Waals surface area contributed by atoms with Crippen LogP contribution in [0.3, 0.4) is 0 Å². The molecule has 2 rings (SSSR count). The summed E-state index contributed by atoms with van der Waals surface area (Å²) in [4.78, 5) is 4.81. The molecule has 0 saturated carbocycles. The summed E-state index contributed by atoms with van der Waals surface area (Å²) in [5.41, 5.74) is 1.95. The Balaban J connectivity index is 0.000000523. The summed E-state index contributed by atoms with van der Waals surface area (Å²) < 4.78 is 59.3. The van der Waals surface area contributed by atoms with Crippen LogP contribution in [0, 0.1) is 0 Å². The van der Waals surface area contributed by atoms with Crippen molar-refractivity contribution in [1.29, 1.82) is 0 Å². The second-order valence-corrected chi connectivity index (χ2v) is 12.3. The molecule has 2 N–H and O–H groups in total. The molecule has 0 atom stereocenters. The topological polar surface area (TPSA) is 115 Å². The minimum atomic E-state index is -4.01. The monoisotopic (exact) mass is 525 g/mol. The predicted octanol–water partition coefficient (Wildman–Crippen LogP) is 3.29. The Morgan fingerprint density at radius 1 is 0.621 bits per heavy atom. The summed E-state index contributed by atoms with van der Waals surface area (Å²) in [5.74, 6) is 0. The molecule has 1 radical (unpaired) electrons. The van der Waals surface area contributed by atoms with Crippen molar-refractivity contribution >= 4 is 51.3 Å². The SMILES string of the molecule is CN(C)c1ccc(SS(=O)(=O)O)cc1.CN(C)c1ccc(SS(=O)(=O)O)cc1.[Co]. The van der Waals surface area contributed by atoms with E-state index in [0.29, 0.717) is 31.4 Å². The molecule has 8 nitrogen and oxygen atoms in total. The average Bonchev–Trinajstić information content (AvgIpc) is 2.53. The second-order valence-electron chi connectivity index (χ2n) is 5.80. The molecule has 2 aromatic carbocycles. The van der Waals surface area contributed by atoms with Crippen molar-refractivity contribution in [3.63, 3.8) is 0 Å². The van der Waals surface area contributed by atoms with E-state index in [9.17, 15) is 16.8 Å². The minimum absolute atomic E-state index is 0. The van der Waals surface area contributed by atoms with Gasteiger partial charge in [0.25, 0.3) is 0 Å². The van der Waals surface area contributed by atoms with Crippen molar-refractivity contribution in [2.24, 2.45) is 0 Å². The van der Waals surface area contributed by atoms with E-state index in [4.69, 9.17) is 9.11 Å². The molecule has 2 aromatic rings. The van der Waals surface area contributed by atoms with Gasteiger partial charge in [-0.05, 0) is 48.5 Å². The zero-order valence-electron chi connectivity index (χ0n) is 16.0. The first-order valence-corrected chi connectivity index (χ1v) is 13.2. The van der Waals surface area contributed by atoms with Gasteiger partial charge in [0.15, 0.2) is 0 Å². The van der Waals surface area contributed by atoms with Crippen molar-refractivity contribution < 1.29 is 42.7 Å². The molecule has 0 fully saturated rings. The van der Waals surface area contributed by atoms with Crippen molar-refractivity contribution in [2.75, 3.05) is 38.0 Å². The first-order valence-electron chi connectivity index (χ1n) is 7.65. The Morgan fingerprint density at radius 2 is 0.862 bits per heavy atom. The fraction of sp³-hybridized carbons (Fsp3) is 0.250. The van der Waals surface area contributed by atoms with Gasteiger partial charge in [0.1, 0.15) is 0 Å². The Labute approximate surface area is 189 Å². The van der Waals surface area contributed by atoms with Crippen molar-refractivity contribution in [1.82, 2.24) is 0 Å². The molecular formula is C16H22CoN2O6S4. The molecule has 0 spiro atoms. The molecule has 0 saturated heterocycles. The summed E-state index contributed by atoms with van der Waals surface area (Å²) >= 11 is 0. The van der Waals surface area contributed by atoms with Crippen LogP contribution in [0.15, 0.2) is 58.3 Å². The van der Waals surface area contributed by atoms with Crippen LogP contribution in [0.5, 0.6) is 0 Å². The standard InChI is InChI=1S/2C8H11NO3S2.Co/c2*1-9(2)7-3-5-8(6-4-7)13-14(10,11)12;/h2*3-6H,1-2H3,(H,10,11,12);. The number of rotatable bonds is 6. The van der Waals surface area contributed by atoms with E-state index < -0.39 is 18.3 Å². The number of benzene rings is 2. The normalized spacial score (nSPS) is 11.0. The Hall–Kier alpha value is -0.934. The minimum Gasteiger partial charge on any atom is -0.378 e. The van der Waals surface area contributed by atoms with Gasteiger partial charge >= 0.3 is 18.3 Å². The van der Waals surface area contributed by atoms with E-state index in [1.807, 2.05) is 38.0 Å². The maximum absolute atomic E-state index is 10.5. The van der Waals surface area contributed by atoms with Crippen LogP contribution in [0.25, 0.3) is 0 Å². The molecule has 0 unspecified atom stereocenters. The van der Waals surface area contributed by atoms with Crippen LogP contribution < -0.4 is 9.80 Å². The van der Waals surface area contributed by atoms with Crippen LogP contribution in [-0.4, -0.2) is 54.1 Å². The van der Waals surface area contributed by atoms with Gasteiger partial charge in [-0.25, -0.2) is 0 Å². The van der Waals surface area contributed by atoms with Crippen molar-refractivity contribution in [3.05, 3.63) is 48.5 Å². The van der Waals surface area contributed by atoms with E-state index >= 15 is 0 Å². The van der Waals surface area contributed by atoms with E-state index in [2.05, 4.69) is 0 Å². The molecule has 165 valence electrons. The zero-order chi connectivity index (χ0) is 21.5. The van der Waals surface area contributed by atoms with Gasteiger partial charge in [-0.3, -0.25) is 9.11 Å². The zero-order valence-corrected chi connectivity index (χ0v) is 20.3. The van der Waals surface area contributed by atoms with E-state index in [0.717, 1.165) is 11.4 Å². The number of hydrogen-bond acceptors (Lipinski definition) is 8.